The van der Waals surface area contributed by atoms with Gasteiger partial charge in [0.2, 0.25) is 0 Å². The number of rotatable bonds is 0. The van der Waals surface area contributed by atoms with E-state index in [0.29, 0.717) is 0 Å². The summed E-state index contributed by atoms with van der Waals surface area (Å²) in [7, 11) is 0. The van der Waals surface area contributed by atoms with Crippen LogP contribution in [-0.4, -0.2) is 12.2 Å². The molecule has 0 aromatic rings. The molecule has 0 saturated heterocycles. The fourth-order valence-electron chi connectivity index (χ4n) is 0. The molecular formula is C3H10N4. The Morgan fingerprint density at radius 3 is 1.71 bits per heavy atom. The highest BCUT2D eigenvalue weighted by Gasteiger charge is 1.53. The van der Waals surface area contributed by atoms with Crippen LogP contribution in [0.3, 0.4) is 0 Å². The van der Waals surface area contributed by atoms with Gasteiger partial charge in [-0.2, -0.15) is 0 Å². The maximum atomic E-state index is 6.28. The fraction of sp³-hybridized carbons (Fsp3) is 0.333. The van der Waals surface area contributed by atoms with Crippen LogP contribution in [0, 0.1) is 10.8 Å². The van der Waals surface area contributed by atoms with E-state index in [-0.39, 0.29) is 5.84 Å². The van der Waals surface area contributed by atoms with Gasteiger partial charge in [-0.1, -0.05) is 0 Å². The molecule has 6 N–H and O–H groups in total. The van der Waals surface area contributed by atoms with Gasteiger partial charge in [-0.05, 0) is 6.92 Å². The second-order valence-corrected chi connectivity index (χ2v) is 0.850. The van der Waals surface area contributed by atoms with Gasteiger partial charge in [-0.15, -0.1) is 0 Å². The minimum Gasteiger partial charge on any atom is -0.390 e. The van der Waals surface area contributed by atoms with Crippen LogP contribution in [0.1, 0.15) is 6.92 Å². The van der Waals surface area contributed by atoms with Gasteiger partial charge in [0.15, 0.2) is 0 Å². The Balaban J connectivity index is 0. The third-order valence-electron chi connectivity index (χ3n) is 0. The Labute approximate surface area is 42.5 Å². The van der Waals surface area contributed by atoms with Gasteiger partial charge >= 0.3 is 0 Å². The summed E-state index contributed by atoms with van der Waals surface area (Å²) in [4.78, 5) is 0. The summed E-state index contributed by atoms with van der Waals surface area (Å²) in [6.45, 7) is 1.53. The molecule has 0 spiro atoms. The zero-order valence-electron chi connectivity index (χ0n) is 4.23. The maximum Gasteiger partial charge on any atom is 0.0873 e. The van der Waals surface area contributed by atoms with Crippen molar-refractivity contribution in [2.24, 2.45) is 11.5 Å². The smallest absolute Gasteiger partial charge is 0.0873 e. The first-order chi connectivity index (χ1) is 3.15. The van der Waals surface area contributed by atoms with Crippen molar-refractivity contribution in [3.63, 3.8) is 0 Å². The number of nitrogens with two attached hydrogens (primary N) is 2. The SMILES string of the molecule is CC(=N)N.N=CN. The Bertz CT molecular complexity index is 54.0. The van der Waals surface area contributed by atoms with E-state index in [1.165, 1.54) is 6.92 Å². The molecule has 0 saturated carbocycles. The first-order valence-electron chi connectivity index (χ1n) is 1.66. The highest BCUT2D eigenvalue weighted by atomic mass is 14.7. The van der Waals surface area contributed by atoms with Gasteiger partial charge in [0.05, 0.1) is 12.2 Å². The molecule has 0 bridgehead atoms. The molecule has 0 aliphatic rings. The molecule has 0 rings (SSSR count). The monoisotopic (exact) mass is 102 g/mol. The summed E-state index contributed by atoms with van der Waals surface area (Å²) < 4.78 is 0. The van der Waals surface area contributed by atoms with Crippen LogP contribution in [0.2, 0.25) is 0 Å². The topological polar surface area (TPSA) is 99.7 Å². The zero-order chi connectivity index (χ0) is 6.28. The lowest BCUT2D eigenvalue weighted by molar-refractivity contribution is 1.42. The van der Waals surface area contributed by atoms with Crippen molar-refractivity contribution >= 4 is 12.2 Å². The molecule has 42 valence electrons. The molecule has 4 nitrogen and oxygen atoms in total. The molecule has 0 heterocycles. The van der Waals surface area contributed by atoms with Gasteiger partial charge < -0.3 is 11.5 Å². The van der Waals surface area contributed by atoms with Crippen LogP contribution in [0.15, 0.2) is 0 Å². The maximum absolute atomic E-state index is 6.28. The summed E-state index contributed by atoms with van der Waals surface area (Å²) in [6, 6.07) is 0. The summed E-state index contributed by atoms with van der Waals surface area (Å²) in [5.41, 5.74) is 9.08. The van der Waals surface area contributed by atoms with E-state index in [0.717, 1.165) is 6.34 Å². The molecule has 0 aromatic heterocycles. The standard InChI is InChI=1S/C2H6N2.CH4N2/c1-2(3)4;2-1-3/h1H3,(H3,3,4);1H,(H3,2,3). The first kappa shape index (κ1) is 9.34. The van der Waals surface area contributed by atoms with Crippen LogP contribution in [0.25, 0.3) is 0 Å². The molecule has 7 heavy (non-hydrogen) atoms. The highest BCUT2D eigenvalue weighted by Crippen LogP contribution is 1.36. The minimum absolute atomic E-state index is 0.167. The molecule has 0 aliphatic heterocycles. The number of hydrogen-bond acceptors (Lipinski definition) is 2. The van der Waals surface area contributed by atoms with Gasteiger partial charge in [0.25, 0.3) is 0 Å². The minimum atomic E-state index is 0.167. The third kappa shape index (κ3) is 38.0. The molecule has 0 unspecified atom stereocenters. The van der Waals surface area contributed by atoms with Crippen molar-refractivity contribution < 1.29 is 0 Å². The van der Waals surface area contributed by atoms with Crippen LogP contribution in [-0.2, 0) is 0 Å². The predicted octanol–water partition coefficient (Wildman–Crippen LogP) is -0.506. The summed E-state index contributed by atoms with van der Waals surface area (Å²) >= 11 is 0. The van der Waals surface area contributed by atoms with E-state index in [4.69, 9.17) is 16.6 Å². The lowest BCUT2D eigenvalue weighted by Crippen LogP contribution is -2.00. The van der Waals surface area contributed by atoms with E-state index in [9.17, 15) is 0 Å². The van der Waals surface area contributed by atoms with Crippen molar-refractivity contribution in [1.29, 1.82) is 10.8 Å². The van der Waals surface area contributed by atoms with E-state index in [1.54, 1.807) is 0 Å². The van der Waals surface area contributed by atoms with Crippen LogP contribution >= 0.6 is 0 Å². The Hall–Kier alpha value is -1.06. The van der Waals surface area contributed by atoms with Gasteiger partial charge in [-0.25, -0.2) is 0 Å². The van der Waals surface area contributed by atoms with Crippen LogP contribution < -0.4 is 11.5 Å². The lowest BCUT2D eigenvalue weighted by atomic mass is 10.8. The van der Waals surface area contributed by atoms with E-state index >= 15 is 0 Å². The van der Waals surface area contributed by atoms with Gasteiger partial charge in [-0.3, -0.25) is 10.8 Å². The Morgan fingerprint density at radius 2 is 1.71 bits per heavy atom. The van der Waals surface area contributed by atoms with Crippen molar-refractivity contribution in [2.45, 2.75) is 6.92 Å². The van der Waals surface area contributed by atoms with Crippen LogP contribution in [0.4, 0.5) is 0 Å². The Kier molecular flexibility index (Phi) is 11.8. The predicted molar refractivity (Wildman–Crippen MR) is 30.6 cm³/mol. The molecule has 4 heteroatoms. The van der Waals surface area contributed by atoms with Crippen molar-refractivity contribution in [2.75, 3.05) is 0 Å². The van der Waals surface area contributed by atoms with Crippen LogP contribution in [0.5, 0.6) is 0 Å². The van der Waals surface area contributed by atoms with E-state index in [1.807, 2.05) is 0 Å². The fourth-order valence-corrected chi connectivity index (χ4v) is 0. The quantitative estimate of drug-likeness (QED) is 0.245. The molecule has 0 fully saturated rings. The molecule has 0 atom stereocenters. The third-order valence-corrected chi connectivity index (χ3v) is 0. The summed E-state index contributed by atoms with van der Waals surface area (Å²) in [5, 5.41) is 12.1. The van der Waals surface area contributed by atoms with Gasteiger partial charge in [0.1, 0.15) is 0 Å². The lowest BCUT2D eigenvalue weighted by Gasteiger charge is -1.66. The van der Waals surface area contributed by atoms with Crippen molar-refractivity contribution in [1.82, 2.24) is 0 Å². The van der Waals surface area contributed by atoms with Gasteiger partial charge in [0, 0.05) is 0 Å². The average molecular weight is 102 g/mol. The van der Waals surface area contributed by atoms with Crippen molar-refractivity contribution in [3.05, 3.63) is 0 Å². The highest BCUT2D eigenvalue weighted by molar-refractivity contribution is 5.73. The number of amidine groups is 1. The number of hydrogen-bond donors (Lipinski definition) is 4. The normalized spacial score (nSPS) is 5.29. The Morgan fingerprint density at radius 1 is 1.71 bits per heavy atom. The second kappa shape index (κ2) is 8.87. The molecule has 0 radical (unpaired) electrons. The second-order valence-electron chi connectivity index (χ2n) is 0.850. The zero-order valence-corrected chi connectivity index (χ0v) is 4.23. The largest absolute Gasteiger partial charge is 0.390 e. The molecular weight excluding hydrogens is 92.1 g/mol. The molecule has 0 aliphatic carbocycles. The van der Waals surface area contributed by atoms with Crippen molar-refractivity contribution in [3.8, 4) is 0 Å². The summed E-state index contributed by atoms with van der Waals surface area (Å²) in [6.07, 6.45) is 0.750. The average Bonchev–Trinajstić information content (AvgIpc) is 1.33. The number of nitrogens with one attached hydrogen (secondary N) is 2. The molecule has 0 amide bonds. The molecule has 0 aromatic carbocycles. The first-order valence-corrected chi connectivity index (χ1v) is 1.66. The van der Waals surface area contributed by atoms with E-state index in [2.05, 4.69) is 5.73 Å². The van der Waals surface area contributed by atoms with E-state index < -0.39 is 0 Å². The summed E-state index contributed by atoms with van der Waals surface area (Å²) in [5.74, 6) is 0.167.